The number of sulfone groups is 1. The summed E-state index contributed by atoms with van der Waals surface area (Å²) in [6.45, 7) is -0.00613. The molecule has 1 amide bonds. The monoisotopic (exact) mass is 335 g/mol. The van der Waals surface area contributed by atoms with Crippen molar-refractivity contribution < 1.29 is 21.6 Å². The fraction of sp³-hybridized carbons (Fsp3) is 0.364. The number of primary amides is 1. The Balaban J connectivity index is 3.00. The molecule has 0 bridgehead atoms. The molecule has 0 atom stereocenters. The zero-order valence-corrected chi connectivity index (χ0v) is 13.0. The third kappa shape index (κ3) is 4.99. The second-order valence-corrected chi connectivity index (χ2v) is 8.19. The first-order chi connectivity index (χ1) is 9.54. The SMILES string of the molecule is CS(=O)(=O)c1ccc(N)c(S(=O)(=O)NCCCC(N)=O)c1. The van der Waals surface area contributed by atoms with Gasteiger partial charge >= 0.3 is 0 Å². The van der Waals surface area contributed by atoms with Gasteiger partial charge < -0.3 is 11.5 Å². The highest BCUT2D eigenvalue weighted by Gasteiger charge is 2.20. The lowest BCUT2D eigenvalue weighted by Crippen LogP contribution is -2.26. The van der Waals surface area contributed by atoms with E-state index < -0.39 is 25.8 Å². The van der Waals surface area contributed by atoms with Crippen molar-refractivity contribution >= 4 is 31.5 Å². The summed E-state index contributed by atoms with van der Waals surface area (Å²) in [5.41, 5.74) is 10.5. The van der Waals surface area contributed by atoms with Crippen LogP contribution >= 0.6 is 0 Å². The van der Waals surface area contributed by atoms with E-state index in [0.29, 0.717) is 0 Å². The standard InChI is InChI=1S/C11H17N3O5S2/c1-20(16,17)8-4-5-9(12)10(7-8)21(18,19)14-6-2-3-11(13)15/h4-5,7,14H,2-3,6,12H2,1H3,(H2,13,15). The second kappa shape index (κ2) is 6.41. The lowest BCUT2D eigenvalue weighted by molar-refractivity contribution is -0.118. The second-order valence-electron chi connectivity index (χ2n) is 4.44. The van der Waals surface area contributed by atoms with E-state index >= 15 is 0 Å². The van der Waals surface area contributed by atoms with Crippen molar-refractivity contribution in [3.05, 3.63) is 18.2 Å². The van der Waals surface area contributed by atoms with Crippen LogP contribution in [0.2, 0.25) is 0 Å². The number of nitrogen functional groups attached to an aromatic ring is 1. The van der Waals surface area contributed by atoms with Crippen molar-refractivity contribution in [2.45, 2.75) is 22.6 Å². The van der Waals surface area contributed by atoms with Crippen LogP contribution in [0.1, 0.15) is 12.8 Å². The number of benzene rings is 1. The van der Waals surface area contributed by atoms with Crippen LogP contribution in [0.25, 0.3) is 0 Å². The predicted octanol–water partition coefficient (Wildman–Crippen LogP) is -0.784. The van der Waals surface area contributed by atoms with Crippen LogP contribution in [-0.4, -0.2) is 35.5 Å². The average Bonchev–Trinajstić information content (AvgIpc) is 2.33. The van der Waals surface area contributed by atoms with E-state index in [0.717, 1.165) is 12.3 Å². The van der Waals surface area contributed by atoms with E-state index in [2.05, 4.69) is 4.72 Å². The number of nitrogens with two attached hydrogens (primary N) is 2. The van der Waals surface area contributed by atoms with Crippen LogP contribution in [0.15, 0.2) is 28.0 Å². The van der Waals surface area contributed by atoms with Gasteiger partial charge in [0.15, 0.2) is 9.84 Å². The van der Waals surface area contributed by atoms with Crippen LogP contribution in [0.3, 0.4) is 0 Å². The molecule has 1 rings (SSSR count). The molecule has 0 unspecified atom stereocenters. The Morgan fingerprint density at radius 1 is 1.24 bits per heavy atom. The molecule has 1 aromatic rings. The maximum Gasteiger partial charge on any atom is 0.242 e. The summed E-state index contributed by atoms with van der Waals surface area (Å²) in [6, 6.07) is 3.45. The van der Waals surface area contributed by atoms with Gasteiger partial charge in [-0.1, -0.05) is 0 Å². The van der Waals surface area contributed by atoms with Gasteiger partial charge in [-0.05, 0) is 24.6 Å². The molecule has 0 spiro atoms. The van der Waals surface area contributed by atoms with Gasteiger partial charge in [0.05, 0.1) is 10.6 Å². The number of nitrogens with one attached hydrogen (secondary N) is 1. The molecule has 1 aromatic carbocycles. The number of hydrogen-bond donors (Lipinski definition) is 3. The summed E-state index contributed by atoms with van der Waals surface area (Å²) in [6.07, 6.45) is 1.25. The summed E-state index contributed by atoms with van der Waals surface area (Å²) in [4.78, 5) is 10.1. The summed E-state index contributed by atoms with van der Waals surface area (Å²) in [5, 5.41) is 0. The van der Waals surface area contributed by atoms with Crippen LogP contribution in [0.4, 0.5) is 5.69 Å². The number of carbonyl (C=O) groups excluding carboxylic acids is 1. The van der Waals surface area contributed by atoms with Gasteiger partial charge in [0.2, 0.25) is 15.9 Å². The normalized spacial score (nSPS) is 12.2. The Kier molecular flexibility index (Phi) is 5.31. The van der Waals surface area contributed by atoms with E-state index in [9.17, 15) is 21.6 Å². The topological polar surface area (TPSA) is 149 Å². The van der Waals surface area contributed by atoms with Gasteiger partial charge in [0.25, 0.3) is 0 Å². The summed E-state index contributed by atoms with van der Waals surface area (Å²) in [7, 11) is -7.51. The van der Waals surface area contributed by atoms with Crippen LogP contribution in [-0.2, 0) is 24.7 Å². The Bertz CT molecular complexity index is 741. The van der Waals surface area contributed by atoms with Gasteiger partial charge in [0.1, 0.15) is 4.90 Å². The lowest BCUT2D eigenvalue weighted by Gasteiger charge is -2.10. The minimum Gasteiger partial charge on any atom is -0.398 e. The number of carbonyl (C=O) groups is 1. The minimum atomic E-state index is -3.96. The summed E-state index contributed by atoms with van der Waals surface area (Å²) in [5.74, 6) is -0.534. The van der Waals surface area contributed by atoms with E-state index in [4.69, 9.17) is 11.5 Å². The quantitative estimate of drug-likeness (QED) is 0.439. The van der Waals surface area contributed by atoms with Gasteiger partial charge in [0, 0.05) is 19.2 Å². The molecule has 8 nitrogen and oxygen atoms in total. The highest BCUT2D eigenvalue weighted by Crippen LogP contribution is 2.22. The fourth-order valence-electron chi connectivity index (χ4n) is 1.52. The Morgan fingerprint density at radius 2 is 1.86 bits per heavy atom. The Morgan fingerprint density at radius 3 is 2.38 bits per heavy atom. The molecule has 0 fully saturated rings. The average molecular weight is 335 g/mol. The minimum absolute atomic E-state index is 0.00613. The first-order valence-corrected chi connectivity index (χ1v) is 9.29. The molecule has 0 aromatic heterocycles. The molecule has 21 heavy (non-hydrogen) atoms. The number of amides is 1. The summed E-state index contributed by atoms with van der Waals surface area (Å²) < 4.78 is 49.3. The van der Waals surface area contributed by atoms with Crippen LogP contribution in [0, 0.1) is 0 Å². The van der Waals surface area contributed by atoms with Crippen molar-refractivity contribution in [2.75, 3.05) is 18.5 Å². The lowest BCUT2D eigenvalue weighted by atomic mass is 10.3. The van der Waals surface area contributed by atoms with E-state index in [-0.39, 0.29) is 34.9 Å². The molecule has 0 saturated heterocycles. The molecule has 0 aliphatic heterocycles. The highest BCUT2D eigenvalue weighted by molar-refractivity contribution is 7.91. The Labute approximate surface area is 123 Å². The number of rotatable bonds is 7. The first kappa shape index (κ1) is 17.4. The van der Waals surface area contributed by atoms with E-state index in [1.54, 1.807) is 0 Å². The number of sulfonamides is 1. The number of hydrogen-bond acceptors (Lipinski definition) is 6. The van der Waals surface area contributed by atoms with Gasteiger partial charge in [-0.3, -0.25) is 4.79 Å². The van der Waals surface area contributed by atoms with Crippen LogP contribution in [0.5, 0.6) is 0 Å². The largest absolute Gasteiger partial charge is 0.398 e. The molecule has 0 saturated carbocycles. The third-order valence-corrected chi connectivity index (χ3v) is 5.22. The molecule has 0 aliphatic rings. The maximum absolute atomic E-state index is 12.1. The maximum atomic E-state index is 12.1. The Hall–Kier alpha value is -1.65. The van der Waals surface area contributed by atoms with Gasteiger partial charge in [-0.25, -0.2) is 21.6 Å². The summed E-state index contributed by atoms with van der Waals surface area (Å²) >= 11 is 0. The van der Waals surface area contributed by atoms with Crippen LogP contribution < -0.4 is 16.2 Å². The van der Waals surface area contributed by atoms with Gasteiger partial charge in [-0.2, -0.15) is 0 Å². The van der Waals surface area contributed by atoms with Crippen molar-refractivity contribution in [2.24, 2.45) is 5.73 Å². The predicted molar refractivity (Wildman–Crippen MR) is 77.6 cm³/mol. The van der Waals surface area contributed by atoms with Gasteiger partial charge in [-0.15, -0.1) is 0 Å². The van der Waals surface area contributed by atoms with E-state index in [1.807, 2.05) is 0 Å². The smallest absolute Gasteiger partial charge is 0.242 e. The molecular weight excluding hydrogens is 318 g/mol. The molecular formula is C11H17N3O5S2. The number of anilines is 1. The molecule has 0 radical (unpaired) electrons. The first-order valence-electron chi connectivity index (χ1n) is 5.91. The zero-order chi connectivity index (χ0) is 16.3. The zero-order valence-electron chi connectivity index (χ0n) is 11.4. The molecule has 10 heteroatoms. The molecule has 0 aliphatic carbocycles. The van der Waals surface area contributed by atoms with Crippen molar-refractivity contribution in [1.82, 2.24) is 4.72 Å². The fourth-order valence-corrected chi connectivity index (χ4v) is 3.48. The van der Waals surface area contributed by atoms with Crippen molar-refractivity contribution in [1.29, 1.82) is 0 Å². The molecule has 0 heterocycles. The highest BCUT2D eigenvalue weighted by atomic mass is 32.2. The van der Waals surface area contributed by atoms with E-state index in [1.165, 1.54) is 12.1 Å². The molecule has 5 N–H and O–H groups in total. The third-order valence-electron chi connectivity index (χ3n) is 2.59. The van der Waals surface area contributed by atoms with Crippen molar-refractivity contribution in [3.63, 3.8) is 0 Å². The molecule has 118 valence electrons. The van der Waals surface area contributed by atoms with Crippen molar-refractivity contribution in [3.8, 4) is 0 Å².